The molecule has 0 bridgehead atoms. The molecule has 1 saturated heterocycles. The second kappa shape index (κ2) is 4.22. The molecule has 1 aliphatic heterocycles. The highest BCUT2D eigenvalue weighted by molar-refractivity contribution is 8.00. The van der Waals surface area contributed by atoms with Crippen LogP contribution in [0.3, 0.4) is 0 Å². The molecular formula is C11H16N2S. The molecule has 1 atom stereocenters. The Morgan fingerprint density at radius 1 is 1.64 bits per heavy atom. The van der Waals surface area contributed by atoms with Gasteiger partial charge in [-0.25, -0.2) is 0 Å². The zero-order valence-corrected chi connectivity index (χ0v) is 9.31. The molecule has 0 radical (unpaired) electrons. The normalized spacial score (nSPS) is 26.4. The number of nitrogens with one attached hydrogen (secondary N) is 1. The number of hydrogen-bond donors (Lipinski definition) is 1. The largest absolute Gasteiger partial charge is 0.382 e. The molecule has 2 heterocycles. The van der Waals surface area contributed by atoms with Gasteiger partial charge in [-0.2, -0.15) is 11.8 Å². The smallest absolute Gasteiger partial charge is 0.0527 e. The highest BCUT2D eigenvalue weighted by atomic mass is 32.2. The monoisotopic (exact) mass is 208 g/mol. The number of hydrogen-bond acceptors (Lipinski definition) is 3. The molecule has 2 nitrogen and oxygen atoms in total. The average molecular weight is 208 g/mol. The fourth-order valence-corrected chi connectivity index (χ4v) is 2.98. The van der Waals surface area contributed by atoms with Crippen molar-refractivity contribution in [2.45, 2.75) is 24.5 Å². The van der Waals surface area contributed by atoms with Gasteiger partial charge in [0.1, 0.15) is 0 Å². The minimum absolute atomic E-state index is 0.426. The molecule has 3 heteroatoms. The predicted octanol–water partition coefficient (Wildman–Crippen LogP) is 2.78. The Kier molecular flexibility index (Phi) is 2.96. The van der Waals surface area contributed by atoms with Crippen molar-refractivity contribution < 1.29 is 0 Å². The minimum Gasteiger partial charge on any atom is -0.382 e. The highest BCUT2D eigenvalue weighted by Crippen LogP contribution is 2.37. The van der Waals surface area contributed by atoms with Crippen LogP contribution in [0.15, 0.2) is 24.5 Å². The maximum Gasteiger partial charge on any atom is 0.0527 e. The van der Waals surface area contributed by atoms with E-state index in [1.54, 1.807) is 6.20 Å². The molecule has 0 amide bonds. The summed E-state index contributed by atoms with van der Waals surface area (Å²) < 4.78 is 0.426. The lowest BCUT2D eigenvalue weighted by molar-refractivity contribution is 0.634. The summed E-state index contributed by atoms with van der Waals surface area (Å²) in [6, 6.07) is 4.03. The van der Waals surface area contributed by atoms with Crippen molar-refractivity contribution in [1.82, 2.24) is 4.98 Å². The topological polar surface area (TPSA) is 24.9 Å². The summed E-state index contributed by atoms with van der Waals surface area (Å²) in [5.41, 5.74) is 1.13. The molecule has 14 heavy (non-hydrogen) atoms. The van der Waals surface area contributed by atoms with Crippen molar-refractivity contribution in [1.29, 1.82) is 0 Å². The van der Waals surface area contributed by atoms with E-state index in [4.69, 9.17) is 0 Å². The molecule has 1 aromatic rings. The highest BCUT2D eigenvalue weighted by Gasteiger charge is 2.28. The van der Waals surface area contributed by atoms with E-state index in [1.165, 1.54) is 18.6 Å². The molecule has 0 aliphatic carbocycles. The van der Waals surface area contributed by atoms with Gasteiger partial charge in [-0.05, 0) is 37.7 Å². The molecule has 76 valence electrons. The first-order chi connectivity index (χ1) is 6.79. The lowest BCUT2D eigenvalue weighted by atomic mass is 10.1. The summed E-state index contributed by atoms with van der Waals surface area (Å²) in [7, 11) is 0. The first-order valence-electron chi connectivity index (χ1n) is 5.06. The number of anilines is 1. The van der Waals surface area contributed by atoms with Gasteiger partial charge in [-0.1, -0.05) is 0 Å². The second-order valence-corrected chi connectivity index (χ2v) is 5.68. The molecule has 0 spiro atoms. The number of thioether (sulfide) groups is 1. The predicted molar refractivity (Wildman–Crippen MR) is 62.8 cm³/mol. The number of nitrogens with zero attached hydrogens (tertiary/aromatic N) is 1. The third-order valence-electron chi connectivity index (χ3n) is 2.63. The van der Waals surface area contributed by atoms with Gasteiger partial charge < -0.3 is 5.32 Å². The van der Waals surface area contributed by atoms with E-state index in [9.17, 15) is 0 Å². The van der Waals surface area contributed by atoms with Gasteiger partial charge in [0.05, 0.1) is 5.69 Å². The second-order valence-electron chi connectivity index (χ2n) is 4.00. The van der Waals surface area contributed by atoms with Crippen LogP contribution in [-0.2, 0) is 0 Å². The summed E-state index contributed by atoms with van der Waals surface area (Å²) in [6.07, 6.45) is 6.36. The zero-order chi connectivity index (χ0) is 9.86. The van der Waals surface area contributed by atoms with Gasteiger partial charge in [-0.3, -0.25) is 4.98 Å². The lowest BCUT2D eigenvalue weighted by Crippen LogP contribution is -2.26. The Hall–Kier alpha value is -0.700. The van der Waals surface area contributed by atoms with Crippen LogP contribution in [0.5, 0.6) is 0 Å². The first kappa shape index (κ1) is 9.84. The fraction of sp³-hybridized carbons (Fsp3) is 0.545. The number of rotatable bonds is 3. The Balaban J connectivity index is 1.88. The van der Waals surface area contributed by atoms with Crippen molar-refractivity contribution in [2.24, 2.45) is 0 Å². The fourth-order valence-electron chi connectivity index (χ4n) is 1.73. The van der Waals surface area contributed by atoms with Crippen LogP contribution in [-0.4, -0.2) is 22.0 Å². The molecule has 1 fully saturated rings. The Morgan fingerprint density at radius 2 is 2.57 bits per heavy atom. The average Bonchev–Trinajstić information content (AvgIpc) is 2.65. The van der Waals surface area contributed by atoms with E-state index in [-0.39, 0.29) is 0 Å². The summed E-state index contributed by atoms with van der Waals surface area (Å²) >= 11 is 2.08. The Morgan fingerprint density at radius 3 is 3.21 bits per heavy atom. The van der Waals surface area contributed by atoms with E-state index in [0.717, 1.165) is 12.2 Å². The third kappa shape index (κ3) is 2.41. The SMILES string of the molecule is CC1(CNc2cccnc2)CCCS1. The first-order valence-corrected chi connectivity index (χ1v) is 6.05. The Bertz CT molecular complexity index is 281. The lowest BCUT2D eigenvalue weighted by Gasteiger charge is -2.23. The number of pyridine rings is 1. The van der Waals surface area contributed by atoms with Crippen LogP contribution in [0.1, 0.15) is 19.8 Å². The van der Waals surface area contributed by atoms with Gasteiger partial charge >= 0.3 is 0 Å². The van der Waals surface area contributed by atoms with Crippen molar-refractivity contribution in [3.05, 3.63) is 24.5 Å². The quantitative estimate of drug-likeness (QED) is 0.826. The Labute approximate surface area is 89.5 Å². The van der Waals surface area contributed by atoms with E-state index in [0.29, 0.717) is 4.75 Å². The van der Waals surface area contributed by atoms with E-state index >= 15 is 0 Å². The van der Waals surface area contributed by atoms with E-state index < -0.39 is 0 Å². The van der Waals surface area contributed by atoms with Crippen LogP contribution in [0, 0.1) is 0 Å². The van der Waals surface area contributed by atoms with Crippen LogP contribution < -0.4 is 5.32 Å². The number of aromatic nitrogens is 1. The minimum atomic E-state index is 0.426. The van der Waals surface area contributed by atoms with Gasteiger partial charge in [0.25, 0.3) is 0 Å². The van der Waals surface area contributed by atoms with Crippen molar-refractivity contribution >= 4 is 17.4 Å². The van der Waals surface area contributed by atoms with Crippen LogP contribution in [0.4, 0.5) is 5.69 Å². The summed E-state index contributed by atoms with van der Waals surface area (Å²) in [6.45, 7) is 3.39. The molecule has 1 unspecified atom stereocenters. The molecule has 1 aromatic heterocycles. The van der Waals surface area contributed by atoms with Crippen molar-refractivity contribution in [3.63, 3.8) is 0 Å². The van der Waals surface area contributed by atoms with Crippen molar-refractivity contribution in [3.8, 4) is 0 Å². The van der Waals surface area contributed by atoms with Crippen LogP contribution in [0.25, 0.3) is 0 Å². The van der Waals surface area contributed by atoms with E-state index in [1.807, 2.05) is 12.3 Å². The summed E-state index contributed by atoms with van der Waals surface area (Å²) in [4.78, 5) is 4.08. The maximum atomic E-state index is 4.08. The van der Waals surface area contributed by atoms with Crippen molar-refractivity contribution in [2.75, 3.05) is 17.6 Å². The van der Waals surface area contributed by atoms with Gasteiger partial charge in [0.15, 0.2) is 0 Å². The molecule has 1 aliphatic rings. The molecule has 0 saturated carbocycles. The standard InChI is InChI=1S/C11H16N2S/c1-11(5-3-7-14-11)9-13-10-4-2-6-12-8-10/h2,4,6,8,13H,3,5,7,9H2,1H3. The maximum absolute atomic E-state index is 4.08. The van der Waals surface area contributed by atoms with Crippen LogP contribution >= 0.6 is 11.8 Å². The molecule has 2 rings (SSSR count). The summed E-state index contributed by atoms with van der Waals surface area (Å²) in [5, 5.41) is 3.44. The molecular weight excluding hydrogens is 192 g/mol. The van der Waals surface area contributed by atoms with Crippen LogP contribution in [0.2, 0.25) is 0 Å². The van der Waals surface area contributed by atoms with E-state index in [2.05, 4.69) is 35.1 Å². The van der Waals surface area contributed by atoms with Gasteiger partial charge in [0, 0.05) is 23.7 Å². The molecule has 1 N–H and O–H groups in total. The molecule has 0 aromatic carbocycles. The zero-order valence-electron chi connectivity index (χ0n) is 8.49. The van der Waals surface area contributed by atoms with Gasteiger partial charge in [0.2, 0.25) is 0 Å². The summed E-state index contributed by atoms with van der Waals surface area (Å²) in [5.74, 6) is 1.31. The van der Waals surface area contributed by atoms with Gasteiger partial charge in [-0.15, -0.1) is 0 Å². The third-order valence-corrected chi connectivity index (χ3v) is 4.17.